The minimum atomic E-state index is 0.00677. The van der Waals surface area contributed by atoms with Crippen LogP contribution in [0.5, 0.6) is 0 Å². The lowest BCUT2D eigenvalue weighted by atomic mass is 10.1. The van der Waals surface area contributed by atoms with Gasteiger partial charge in [-0.1, -0.05) is 47.7 Å². The lowest BCUT2D eigenvalue weighted by Gasteiger charge is -1.98. The van der Waals surface area contributed by atoms with Gasteiger partial charge < -0.3 is 0 Å². The summed E-state index contributed by atoms with van der Waals surface area (Å²) in [6, 6.07) is 20.3. The summed E-state index contributed by atoms with van der Waals surface area (Å²) in [7, 11) is 0. The molecule has 5 heteroatoms. The third-order valence-corrected chi connectivity index (χ3v) is 6.89. The zero-order valence-corrected chi connectivity index (χ0v) is 14.5. The number of hydrogen-bond donors (Lipinski definition) is 0. The average Bonchev–Trinajstić information content (AvgIpc) is 3.20. The molecule has 0 atom stereocenters. The Morgan fingerprint density at radius 1 is 0.760 bits per heavy atom. The predicted molar refractivity (Wildman–Crippen MR) is 107 cm³/mol. The second kappa shape index (κ2) is 4.65. The molecule has 0 aliphatic heterocycles. The van der Waals surface area contributed by atoms with E-state index in [4.69, 9.17) is 4.98 Å². The molecule has 0 unspecified atom stereocenters. The maximum atomic E-state index is 13.0. The minimum Gasteiger partial charge on any atom is -0.268 e. The second-order valence-electron chi connectivity index (χ2n) is 6.04. The van der Waals surface area contributed by atoms with Gasteiger partial charge in [-0.25, -0.2) is 9.38 Å². The van der Waals surface area contributed by atoms with E-state index in [1.807, 2.05) is 30.3 Å². The molecule has 3 aromatic heterocycles. The van der Waals surface area contributed by atoms with Crippen molar-refractivity contribution < 1.29 is 0 Å². The Bertz CT molecular complexity index is 1520. The molecular weight excluding hydrogens is 348 g/mol. The molecule has 0 aliphatic rings. The van der Waals surface area contributed by atoms with Crippen LogP contribution in [0.3, 0.4) is 0 Å². The molecule has 3 nitrogen and oxygen atoms in total. The third kappa shape index (κ3) is 1.69. The van der Waals surface area contributed by atoms with Crippen LogP contribution in [-0.2, 0) is 0 Å². The van der Waals surface area contributed by atoms with Crippen molar-refractivity contribution in [2.75, 3.05) is 0 Å². The van der Waals surface area contributed by atoms with Gasteiger partial charge in [0.1, 0.15) is 5.52 Å². The van der Waals surface area contributed by atoms with E-state index in [0.717, 1.165) is 30.8 Å². The van der Waals surface area contributed by atoms with Crippen LogP contribution in [0, 0.1) is 0 Å². The summed E-state index contributed by atoms with van der Waals surface area (Å²) in [6.07, 6.45) is 0. The van der Waals surface area contributed by atoms with E-state index < -0.39 is 0 Å². The van der Waals surface area contributed by atoms with E-state index in [9.17, 15) is 4.79 Å². The van der Waals surface area contributed by atoms with Gasteiger partial charge in [-0.2, -0.15) is 0 Å². The Labute approximate surface area is 149 Å². The Balaban J connectivity index is 1.90. The normalized spacial score (nSPS) is 12.2. The summed E-state index contributed by atoms with van der Waals surface area (Å²) in [5.74, 6) is 0. The molecule has 0 saturated carbocycles. The fraction of sp³-hybridized carbons (Fsp3) is 0. The minimum absolute atomic E-state index is 0.00677. The van der Waals surface area contributed by atoms with Crippen molar-refractivity contribution in [3.63, 3.8) is 0 Å². The number of thiophene rings is 1. The molecule has 3 aromatic carbocycles. The quantitative estimate of drug-likeness (QED) is 0.363. The molecule has 6 aromatic rings. The summed E-state index contributed by atoms with van der Waals surface area (Å²) >= 11 is 3.31. The number of fused-ring (bicyclic) bond motifs is 8. The van der Waals surface area contributed by atoms with Crippen LogP contribution in [-0.4, -0.2) is 9.38 Å². The molecule has 0 radical (unpaired) electrons. The molecule has 0 saturated heterocycles. The van der Waals surface area contributed by atoms with Crippen molar-refractivity contribution in [3.05, 3.63) is 71.0 Å². The van der Waals surface area contributed by atoms with Crippen molar-refractivity contribution in [1.29, 1.82) is 0 Å². The van der Waals surface area contributed by atoms with Crippen molar-refractivity contribution in [2.45, 2.75) is 0 Å². The molecule has 0 N–H and O–H groups in total. The largest absolute Gasteiger partial charge is 0.268 e. The summed E-state index contributed by atoms with van der Waals surface area (Å²) < 4.78 is 5.13. The Morgan fingerprint density at radius 2 is 1.48 bits per heavy atom. The van der Waals surface area contributed by atoms with E-state index in [0.29, 0.717) is 0 Å². The Hall–Kier alpha value is -2.76. The standard InChI is InChI=1S/C20H10N2OS2/c23-19-13-6-2-4-8-16(13)25-20-21-17-14(22(19)20)10-9-12-11-5-1-3-7-15(11)24-18(12)17/h1-10H. The number of aromatic nitrogens is 2. The van der Waals surface area contributed by atoms with E-state index in [2.05, 4.69) is 30.3 Å². The third-order valence-electron chi connectivity index (χ3n) is 4.66. The second-order valence-corrected chi connectivity index (χ2v) is 8.10. The molecule has 0 fully saturated rings. The Morgan fingerprint density at radius 3 is 2.32 bits per heavy atom. The zero-order valence-electron chi connectivity index (χ0n) is 12.9. The van der Waals surface area contributed by atoms with Crippen molar-refractivity contribution >= 4 is 68.9 Å². The average molecular weight is 358 g/mol. The highest BCUT2D eigenvalue weighted by atomic mass is 32.1. The topological polar surface area (TPSA) is 34.4 Å². The maximum Gasteiger partial charge on any atom is 0.266 e. The zero-order chi connectivity index (χ0) is 16.5. The molecule has 3 heterocycles. The molecule has 118 valence electrons. The lowest BCUT2D eigenvalue weighted by Crippen LogP contribution is -2.11. The van der Waals surface area contributed by atoms with Crippen molar-refractivity contribution in [1.82, 2.24) is 9.38 Å². The van der Waals surface area contributed by atoms with Crippen LogP contribution in [0.1, 0.15) is 0 Å². The number of benzene rings is 3. The van der Waals surface area contributed by atoms with E-state index in [1.165, 1.54) is 15.5 Å². The number of rotatable bonds is 0. The first-order chi connectivity index (χ1) is 12.3. The Kier molecular flexibility index (Phi) is 2.52. The van der Waals surface area contributed by atoms with Crippen molar-refractivity contribution in [3.8, 4) is 0 Å². The molecule has 0 aliphatic carbocycles. The molecular formula is C20H10N2OS2. The van der Waals surface area contributed by atoms with Gasteiger partial charge >= 0.3 is 0 Å². The van der Waals surface area contributed by atoms with Crippen LogP contribution in [0.25, 0.3) is 46.3 Å². The van der Waals surface area contributed by atoms with Crippen LogP contribution in [0.15, 0.2) is 65.5 Å². The van der Waals surface area contributed by atoms with Crippen LogP contribution in [0.4, 0.5) is 0 Å². The number of hydrogen-bond acceptors (Lipinski definition) is 4. The smallest absolute Gasteiger partial charge is 0.266 e. The summed E-state index contributed by atoms with van der Waals surface area (Å²) in [5, 5.41) is 3.20. The van der Waals surface area contributed by atoms with Gasteiger partial charge in [0.2, 0.25) is 0 Å². The van der Waals surface area contributed by atoms with Crippen LogP contribution in [0.2, 0.25) is 0 Å². The summed E-state index contributed by atoms with van der Waals surface area (Å²) in [5.41, 5.74) is 1.82. The van der Waals surface area contributed by atoms with Gasteiger partial charge in [0.25, 0.3) is 5.56 Å². The first kappa shape index (κ1) is 13.5. The SMILES string of the molecule is O=c1c2ccccc2sc2nc3c4sc5ccccc5c4ccc3n12. The van der Waals surface area contributed by atoms with Crippen LogP contribution >= 0.6 is 22.7 Å². The molecule has 0 amide bonds. The monoisotopic (exact) mass is 358 g/mol. The molecule has 0 bridgehead atoms. The highest BCUT2D eigenvalue weighted by Gasteiger charge is 2.15. The van der Waals surface area contributed by atoms with E-state index >= 15 is 0 Å². The fourth-order valence-electron chi connectivity index (χ4n) is 3.52. The van der Waals surface area contributed by atoms with Gasteiger partial charge in [0.15, 0.2) is 4.96 Å². The van der Waals surface area contributed by atoms with Gasteiger partial charge in [0.05, 0.1) is 15.6 Å². The number of imidazole rings is 1. The summed E-state index contributed by atoms with van der Waals surface area (Å²) in [6.45, 7) is 0. The predicted octanol–water partition coefficient (Wildman–Crippen LogP) is 5.43. The summed E-state index contributed by atoms with van der Waals surface area (Å²) in [4.78, 5) is 18.6. The highest BCUT2D eigenvalue weighted by molar-refractivity contribution is 7.26. The van der Waals surface area contributed by atoms with Gasteiger partial charge in [0, 0.05) is 20.2 Å². The van der Waals surface area contributed by atoms with Gasteiger partial charge in [-0.15, -0.1) is 11.3 Å². The lowest BCUT2D eigenvalue weighted by molar-refractivity contribution is 1.20. The first-order valence-corrected chi connectivity index (χ1v) is 9.59. The van der Waals surface area contributed by atoms with Gasteiger partial charge in [-0.05, 0) is 24.3 Å². The first-order valence-electron chi connectivity index (χ1n) is 7.95. The highest BCUT2D eigenvalue weighted by Crippen LogP contribution is 2.38. The fourth-order valence-corrected chi connectivity index (χ4v) is 5.72. The van der Waals surface area contributed by atoms with Crippen molar-refractivity contribution in [2.24, 2.45) is 0 Å². The maximum absolute atomic E-state index is 13.0. The van der Waals surface area contributed by atoms with E-state index in [1.54, 1.807) is 27.1 Å². The number of nitrogens with zero attached hydrogens (tertiary/aromatic N) is 2. The molecule has 6 rings (SSSR count). The van der Waals surface area contributed by atoms with Crippen LogP contribution < -0.4 is 5.56 Å². The molecule has 25 heavy (non-hydrogen) atoms. The molecule has 0 spiro atoms. The van der Waals surface area contributed by atoms with Gasteiger partial charge in [-0.3, -0.25) is 4.79 Å². The van der Waals surface area contributed by atoms with E-state index in [-0.39, 0.29) is 5.56 Å².